The first-order chi connectivity index (χ1) is 12.4. The van der Waals surface area contributed by atoms with E-state index < -0.39 is 15.6 Å². The van der Waals surface area contributed by atoms with Gasteiger partial charge in [-0.2, -0.15) is 4.31 Å². The fraction of sp³-hybridized carbons (Fsp3) is 0.588. The summed E-state index contributed by atoms with van der Waals surface area (Å²) in [4.78, 5) is 21.9. The van der Waals surface area contributed by atoms with Gasteiger partial charge in [-0.05, 0) is 31.4 Å². The molecule has 3 rings (SSSR count). The molecule has 0 radical (unpaired) electrons. The molecule has 1 atom stereocenters. The van der Waals surface area contributed by atoms with E-state index in [0.29, 0.717) is 37.9 Å². The fourth-order valence-electron chi connectivity index (χ4n) is 3.25. The van der Waals surface area contributed by atoms with Crippen LogP contribution in [-0.4, -0.2) is 53.8 Å². The Bertz CT molecular complexity index is 781. The lowest BCUT2D eigenvalue weighted by atomic mass is 9.89. The van der Waals surface area contributed by atoms with Crippen molar-refractivity contribution in [2.75, 3.05) is 24.2 Å². The maximum atomic E-state index is 12.5. The van der Waals surface area contributed by atoms with Crippen LogP contribution in [0.15, 0.2) is 29.7 Å². The molecule has 1 amide bonds. The number of unbranched alkanes of at least 4 members (excludes halogenated alkanes) is 1. The Kier molecular flexibility index (Phi) is 5.57. The molecule has 0 saturated carbocycles. The molecule has 1 saturated heterocycles. The van der Waals surface area contributed by atoms with Crippen molar-refractivity contribution in [2.45, 2.75) is 44.6 Å². The van der Waals surface area contributed by atoms with Crippen LogP contribution in [0.4, 0.5) is 5.69 Å². The Morgan fingerprint density at radius 1 is 1.46 bits per heavy atom. The van der Waals surface area contributed by atoms with Gasteiger partial charge in [0.05, 0.1) is 24.2 Å². The van der Waals surface area contributed by atoms with Gasteiger partial charge in [0.1, 0.15) is 5.71 Å². The van der Waals surface area contributed by atoms with Gasteiger partial charge < -0.3 is 10.2 Å². The van der Waals surface area contributed by atoms with Gasteiger partial charge in [-0.3, -0.25) is 9.78 Å². The average molecular weight is 380 g/mol. The number of carbonyl (C=O) groups is 1. The molecule has 0 bridgehead atoms. The van der Waals surface area contributed by atoms with E-state index in [4.69, 9.17) is 4.84 Å². The molecule has 2 aliphatic heterocycles. The lowest BCUT2D eigenvalue weighted by molar-refractivity contribution is -0.110. The number of hydrogen-bond donors (Lipinski definition) is 1. The summed E-state index contributed by atoms with van der Waals surface area (Å²) in [5.74, 6) is -0.199. The second-order valence-corrected chi connectivity index (χ2v) is 8.88. The van der Waals surface area contributed by atoms with Crippen molar-refractivity contribution in [3.8, 4) is 0 Å². The zero-order valence-corrected chi connectivity index (χ0v) is 15.7. The maximum absolute atomic E-state index is 12.5. The Morgan fingerprint density at radius 2 is 2.31 bits per heavy atom. The Balaban J connectivity index is 1.63. The van der Waals surface area contributed by atoms with Gasteiger partial charge in [0.25, 0.3) is 5.91 Å². The van der Waals surface area contributed by atoms with Gasteiger partial charge in [-0.25, -0.2) is 8.42 Å². The van der Waals surface area contributed by atoms with Crippen LogP contribution < -0.4 is 5.32 Å². The van der Waals surface area contributed by atoms with E-state index >= 15 is 0 Å². The Labute approximate surface area is 153 Å². The largest absolute Gasteiger partial charge is 0.387 e. The number of carbonyl (C=O) groups excluding carboxylic acids is 1. The predicted octanol–water partition coefficient (Wildman–Crippen LogP) is 1.76. The number of aromatic nitrogens is 1. The molecule has 1 aromatic heterocycles. The van der Waals surface area contributed by atoms with Crippen molar-refractivity contribution in [1.29, 1.82) is 0 Å². The lowest BCUT2D eigenvalue weighted by Gasteiger charge is -2.37. The molecule has 142 valence electrons. The normalized spacial score (nSPS) is 23.5. The van der Waals surface area contributed by atoms with E-state index in [1.54, 1.807) is 24.5 Å². The summed E-state index contributed by atoms with van der Waals surface area (Å²) in [5, 5.41) is 6.68. The second kappa shape index (κ2) is 7.71. The highest BCUT2D eigenvalue weighted by Gasteiger charge is 2.46. The summed E-state index contributed by atoms with van der Waals surface area (Å²) in [6.45, 7) is 2.70. The van der Waals surface area contributed by atoms with Crippen LogP contribution in [0.1, 0.15) is 39.0 Å². The Hall–Kier alpha value is -2.00. The highest BCUT2D eigenvalue weighted by Crippen LogP contribution is 2.34. The molecule has 8 nitrogen and oxygen atoms in total. The van der Waals surface area contributed by atoms with Crippen LogP contribution in [0.25, 0.3) is 0 Å². The molecular formula is C17H24N4O4S. The van der Waals surface area contributed by atoms with Crippen molar-refractivity contribution in [2.24, 2.45) is 5.16 Å². The van der Waals surface area contributed by atoms with Crippen LogP contribution in [-0.2, 0) is 19.7 Å². The highest BCUT2D eigenvalue weighted by atomic mass is 32.2. The molecule has 1 fully saturated rings. The van der Waals surface area contributed by atoms with Crippen LogP contribution >= 0.6 is 0 Å². The van der Waals surface area contributed by atoms with E-state index in [1.807, 2.05) is 6.92 Å². The lowest BCUT2D eigenvalue weighted by Crippen LogP contribution is -2.51. The summed E-state index contributed by atoms with van der Waals surface area (Å²) in [6.07, 6.45) is 6.32. The van der Waals surface area contributed by atoms with Crippen LogP contribution in [0.5, 0.6) is 0 Å². The zero-order valence-electron chi connectivity index (χ0n) is 14.8. The first-order valence-corrected chi connectivity index (χ1v) is 10.5. The molecule has 1 N–H and O–H groups in total. The van der Waals surface area contributed by atoms with Crippen LogP contribution in [0.3, 0.4) is 0 Å². The maximum Gasteiger partial charge on any atom is 0.273 e. The molecular weight excluding hydrogens is 356 g/mol. The smallest absolute Gasteiger partial charge is 0.273 e. The number of nitrogens with zero attached hydrogens (tertiary/aromatic N) is 3. The summed E-state index contributed by atoms with van der Waals surface area (Å²) in [6, 6.07) is 3.46. The van der Waals surface area contributed by atoms with E-state index in [-0.39, 0.29) is 23.9 Å². The highest BCUT2D eigenvalue weighted by molar-refractivity contribution is 7.89. The first kappa shape index (κ1) is 18.8. The van der Waals surface area contributed by atoms with E-state index in [9.17, 15) is 13.2 Å². The van der Waals surface area contributed by atoms with E-state index in [1.165, 1.54) is 4.31 Å². The minimum absolute atomic E-state index is 0.148. The number of rotatable bonds is 6. The summed E-state index contributed by atoms with van der Waals surface area (Å²) in [5.41, 5.74) is 0.120. The molecule has 3 heterocycles. The predicted molar refractivity (Wildman–Crippen MR) is 98.2 cm³/mol. The number of hydrogen-bond acceptors (Lipinski definition) is 6. The molecule has 1 unspecified atom stereocenters. The SMILES string of the molecule is CCCCS(=O)(=O)N1CCCC2(CC(C(=O)Nc3cccnc3)=NO2)C1. The van der Waals surface area contributed by atoms with Crippen molar-refractivity contribution in [1.82, 2.24) is 9.29 Å². The van der Waals surface area contributed by atoms with Gasteiger partial charge >= 0.3 is 0 Å². The number of oxime groups is 1. The third-order valence-electron chi connectivity index (χ3n) is 4.67. The van der Waals surface area contributed by atoms with Gasteiger partial charge in [-0.15, -0.1) is 0 Å². The van der Waals surface area contributed by atoms with Crippen LogP contribution in [0, 0.1) is 0 Å². The molecule has 1 aromatic rings. The summed E-state index contributed by atoms with van der Waals surface area (Å²) in [7, 11) is -3.30. The van der Waals surface area contributed by atoms with Crippen molar-refractivity contribution >= 4 is 27.3 Å². The first-order valence-electron chi connectivity index (χ1n) is 8.88. The molecule has 1 spiro atoms. The third-order valence-corrected chi connectivity index (χ3v) is 6.58. The topological polar surface area (TPSA) is 101 Å². The summed E-state index contributed by atoms with van der Waals surface area (Å²) < 4.78 is 26.5. The minimum atomic E-state index is -3.30. The quantitative estimate of drug-likeness (QED) is 0.810. The monoisotopic (exact) mass is 380 g/mol. The van der Waals surface area contributed by atoms with Gasteiger partial charge in [0.2, 0.25) is 10.0 Å². The number of amides is 1. The number of nitrogens with one attached hydrogen (secondary N) is 1. The third kappa shape index (κ3) is 4.21. The molecule has 0 aromatic carbocycles. The number of piperidine rings is 1. The second-order valence-electron chi connectivity index (χ2n) is 6.79. The number of anilines is 1. The zero-order chi connectivity index (χ0) is 18.6. The van der Waals surface area contributed by atoms with Gasteiger partial charge in [-0.1, -0.05) is 18.5 Å². The number of sulfonamides is 1. The van der Waals surface area contributed by atoms with E-state index in [0.717, 1.165) is 6.42 Å². The summed E-state index contributed by atoms with van der Waals surface area (Å²) >= 11 is 0. The fourth-order valence-corrected chi connectivity index (χ4v) is 5.00. The minimum Gasteiger partial charge on any atom is -0.387 e. The molecule has 2 aliphatic rings. The molecule has 9 heteroatoms. The van der Waals surface area contributed by atoms with Crippen molar-refractivity contribution in [3.05, 3.63) is 24.5 Å². The van der Waals surface area contributed by atoms with E-state index in [2.05, 4.69) is 15.5 Å². The average Bonchev–Trinajstić information content (AvgIpc) is 3.04. The molecule has 26 heavy (non-hydrogen) atoms. The van der Waals surface area contributed by atoms with Gasteiger partial charge in [0.15, 0.2) is 5.60 Å². The van der Waals surface area contributed by atoms with Gasteiger partial charge in [0, 0.05) is 19.2 Å². The van der Waals surface area contributed by atoms with Crippen LogP contribution in [0.2, 0.25) is 0 Å². The molecule has 0 aliphatic carbocycles. The van der Waals surface area contributed by atoms with Crippen molar-refractivity contribution < 1.29 is 18.0 Å². The standard InChI is InChI=1S/C17H24N4O4S/c1-2-3-10-26(23,24)21-9-5-7-17(13-21)11-15(20-25-17)16(22)19-14-6-4-8-18-12-14/h4,6,8,12H,2-3,5,7,9-11,13H2,1H3,(H,19,22). The number of pyridine rings is 1. The Morgan fingerprint density at radius 3 is 3.04 bits per heavy atom. The van der Waals surface area contributed by atoms with Crippen molar-refractivity contribution in [3.63, 3.8) is 0 Å².